The summed E-state index contributed by atoms with van der Waals surface area (Å²) in [6.07, 6.45) is 0. The van der Waals surface area contributed by atoms with E-state index >= 15 is 0 Å². The molecule has 1 heterocycles. The SMILES string of the molecule is O=C(COc1cccc(Cl)c1)N1CCN(c2ccc([N+](=O)[O-])cc2)CC1. The average molecular weight is 376 g/mol. The molecule has 0 radical (unpaired) electrons. The van der Waals surface area contributed by atoms with Crippen molar-refractivity contribution in [3.8, 4) is 5.75 Å². The monoisotopic (exact) mass is 375 g/mol. The van der Waals surface area contributed by atoms with Gasteiger partial charge in [-0.05, 0) is 30.3 Å². The molecule has 1 aliphatic rings. The standard InChI is InChI=1S/C18H18ClN3O4/c19-14-2-1-3-17(12-14)26-13-18(23)21-10-8-20(9-11-21)15-4-6-16(7-5-15)22(24)25/h1-7,12H,8-11,13H2. The number of anilines is 1. The molecule has 2 aromatic carbocycles. The van der Waals surface area contributed by atoms with Crippen molar-refractivity contribution in [1.82, 2.24) is 4.90 Å². The highest BCUT2D eigenvalue weighted by Gasteiger charge is 2.22. The van der Waals surface area contributed by atoms with Crippen LogP contribution in [-0.2, 0) is 4.79 Å². The van der Waals surface area contributed by atoms with Crippen LogP contribution in [0.1, 0.15) is 0 Å². The molecule has 7 nitrogen and oxygen atoms in total. The lowest BCUT2D eigenvalue weighted by atomic mass is 10.2. The summed E-state index contributed by atoms with van der Waals surface area (Å²) in [7, 11) is 0. The van der Waals surface area contributed by atoms with Crippen LogP contribution in [0.3, 0.4) is 0 Å². The van der Waals surface area contributed by atoms with Gasteiger partial charge < -0.3 is 14.5 Å². The Morgan fingerprint density at radius 2 is 1.81 bits per heavy atom. The van der Waals surface area contributed by atoms with Gasteiger partial charge in [0, 0.05) is 49.0 Å². The fourth-order valence-electron chi connectivity index (χ4n) is 2.79. The molecule has 1 aliphatic heterocycles. The van der Waals surface area contributed by atoms with Gasteiger partial charge in [0.25, 0.3) is 11.6 Å². The molecule has 0 bridgehead atoms. The summed E-state index contributed by atoms with van der Waals surface area (Å²) in [5.74, 6) is 0.490. The highest BCUT2D eigenvalue weighted by atomic mass is 35.5. The first-order chi connectivity index (χ1) is 12.5. The van der Waals surface area contributed by atoms with Crippen molar-refractivity contribution in [2.45, 2.75) is 0 Å². The number of non-ortho nitro benzene ring substituents is 1. The molecule has 3 rings (SSSR count). The highest BCUT2D eigenvalue weighted by molar-refractivity contribution is 6.30. The maximum absolute atomic E-state index is 12.3. The van der Waals surface area contributed by atoms with Gasteiger partial charge in [0.1, 0.15) is 5.75 Å². The zero-order valence-corrected chi connectivity index (χ0v) is 14.8. The van der Waals surface area contributed by atoms with E-state index in [1.807, 2.05) is 0 Å². The van der Waals surface area contributed by atoms with Gasteiger partial charge in [-0.2, -0.15) is 0 Å². The van der Waals surface area contributed by atoms with E-state index in [2.05, 4.69) is 4.90 Å². The normalized spacial score (nSPS) is 14.2. The Hall–Kier alpha value is -2.80. The van der Waals surface area contributed by atoms with Crippen molar-refractivity contribution in [1.29, 1.82) is 0 Å². The lowest BCUT2D eigenvalue weighted by molar-refractivity contribution is -0.384. The van der Waals surface area contributed by atoms with Gasteiger partial charge >= 0.3 is 0 Å². The largest absolute Gasteiger partial charge is 0.484 e. The summed E-state index contributed by atoms with van der Waals surface area (Å²) in [4.78, 5) is 26.5. The van der Waals surface area contributed by atoms with Gasteiger partial charge in [0.05, 0.1) is 4.92 Å². The lowest BCUT2D eigenvalue weighted by Crippen LogP contribution is -2.50. The summed E-state index contributed by atoms with van der Waals surface area (Å²) < 4.78 is 5.50. The van der Waals surface area contributed by atoms with Crippen molar-refractivity contribution in [3.63, 3.8) is 0 Å². The lowest BCUT2D eigenvalue weighted by Gasteiger charge is -2.36. The first kappa shape index (κ1) is 18.0. The van der Waals surface area contributed by atoms with Crippen LogP contribution in [0.2, 0.25) is 5.02 Å². The van der Waals surface area contributed by atoms with Crippen LogP contribution in [0.4, 0.5) is 11.4 Å². The summed E-state index contributed by atoms with van der Waals surface area (Å²) in [6.45, 7) is 2.46. The van der Waals surface area contributed by atoms with Crippen LogP contribution in [0.25, 0.3) is 0 Å². The van der Waals surface area contributed by atoms with Gasteiger partial charge in [-0.3, -0.25) is 14.9 Å². The topological polar surface area (TPSA) is 75.9 Å². The van der Waals surface area contributed by atoms with Crippen molar-refractivity contribution in [3.05, 3.63) is 63.7 Å². The van der Waals surface area contributed by atoms with Crippen LogP contribution in [0.5, 0.6) is 5.75 Å². The smallest absolute Gasteiger partial charge is 0.269 e. The van der Waals surface area contributed by atoms with E-state index in [1.165, 1.54) is 12.1 Å². The number of hydrogen-bond acceptors (Lipinski definition) is 5. The van der Waals surface area contributed by atoms with Crippen molar-refractivity contribution in [2.24, 2.45) is 0 Å². The molecule has 1 amide bonds. The summed E-state index contributed by atoms with van der Waals surface area (Å²) >= 11 is 5.89. The number of carbonyl (C=O) groups is 1. The molecule has 1 fully saturated rings. The molecular weight excluding hydrogens is 358 g/mol. The number of nitro benzene ring substituents is 1. The molecular formula is C18H18ClN3O4. The highest BCUT2D eigenvalue weighted by Crippen LogP contribution is 2.21. The molecule has 0 unspecified atom stereocenters. The minimum absolute atomic E-state index is 0.0299. The van der Waals surface area contributed by atoms with E-state index in [0.717, 1.165) is 5.69 Å². The molecule has 136 valence electrons. The number of halogens is 1. The molecule has 8 heteroatoms. The van der Waals surface area contributed by atoms with Gasteiger partial charge in [-0.1, -0.05) is 17.7 Å². The van der Waals surface area contributed by atoms with Gasteiger partial charge in [-0.15, -0.1) is 0 Å². The number of amides is 1. The number of nitrogens with zero attached hydrogens (tertiary/aromatic N) is 3. The van der Waals surface area contributed by atoms with Crippen LogP contribution in [-0.4, -0.2) is 48.5 Å². The minimum atomic E-state index is -0.416. The number of carbonyl (C=O) groups excluding carboxylic acids is 1. The molecule has 0 aromatic heterocycles. The second-order valence-corrected chi connectivity index (χ2v) is 6.32. The molecule has 0 saturated carbocycles. The van der Waals surface area contributed by atoms with Gasteiger partial charge in [0.15, 0.2) is 6.61 Å². The molecule has 0 aliphatic carbocycles. The number of hydrogen-bond donors (Lipinski definition) is 0. The number of nitro groups is 1. The Bertz CT molecular complexity index is 789. The summed E-state index contributed by atoms with van der Waals surface area (Å²) in [6, 6.07) is 13.4. The maximum Gasteiger partial charge on any atom is 0.269 e. The Balaban J connectivity index is 1.49. The van der Waals surface area contributed by atoms with Gasteiger partial charge in [0.2, 0.25) is 0 Å². The number of benzene rings is 2. The van der Waals surface area contributed by atoms with Crippen LogP contribution < -0.4 is 9.64 Å². The second-order valence-electron chi connectivity index (χ2n) is 5.89. The Morgan fingerprint density at radius 1 is 1.12 bits per heavy atom. The van der Waals surface area contributed by atoms with Crippen molar-refractivity contribution >= 4 is 28.9 Å². The predicted molar refractivity (Wildman–Crippen MR) is 98.8 cm³/mol. The summed E-state index contributed by atoms with van der Waals surface area (Å²) in [5, 5.41) is 11.3. The third kappa shape index (κ3) is 4.43. The zero-order valence-electron chi connectivity index (χ0n) is 14.0. The first-order valence-corrected chi connectivity index (χ1v) is 8.56. The molecule has 26 heavy (non-hydrogen) atoms. The predicted octanol–water partition coefficient (Wildman–Crippen LogP) is 2.98. The van der Waals surface area contributed by atoms with E-state index in [9.17, 15) is 14.9 Å². The third-order valence-electron chi connectivity index (χ3n) is 4.22. The Kier molecular flexibility index (Phi) is 5.58. The van der Waals surface area contributed by atoms with Gasteiger partial charge in [-0.25, -0.2) is 0 Å². The van der Waals surface area contributed by atoms with E-state index in [4.69, 9.17) is 16.3 Å². The van der Waals surface area contributed by atoms with E-state index in [1.54, 1.807) is 41.3 Å². The van der Waals surface area contributed by atoms with Crippen molar-refractivity contribution in [2.75, 3.05) is 37.7 Å². The fraction of sp³-hybridized carbons (Fsp3) is 0.278. The Labute approximate surface area is 155 Å². The van der Waals surface area contributed by atoms with E-state index in [0.29, 0.717) is 37.0 Å². The zero-order chi connectivity index (χ0) is 18.5. The average Bonchev–Trinajstić information content (AvgIpc) is 2.66. The van der Waals surface area contributed by atoms with E-state index in [-0.39, 0.29) is 18.2 Å². The molecule has 1 saturated heterocycles. The fourth-order valence-corrected chi connectivity index (χ4v) is 2.97. The maximum atomic E-state index is 12.3. The molecule has 0 atom stereocenters. The third-order valence-corrected chi connectivity index (χ3v) is 4.45. The number of ether oxygens (including phenoxy) is 1. The molecule has 0 spiro atoms. The number of rotatable bonds is 5. The van der Waals surface area contributed by atoms with Crippen LogP contribution in [0, 0.1) is 10.1 Å². The van der Waals surface area contributed by atoms with E-state index < -0.39 is 4.92 Å². The number of piperazine rings is 1. The first-order valence-electron chi connectivity index (χ1n) is 8.18. The quantitative estimate of drug-likeness (QED) is 0.593. The van der Waals surface area contributed by atoms with Crippen molar-refractivity contribution < 1.29 is 14.5 Å². The Morgan fingerprint density at radius 3 is 2.42 bits per heavy atom. The second kappa shape index (κ2) is 8.05. The van der Waals surface area contributed by atoms with Crippen LogP contribution >= 0.6 is 11.6 Å². The summed E-state index contributed by atoms with van der Waals surface area (Å²) in [5.41, 5.74) is 0.985. The van der Waals surface area contributed by atoms with Crippen LogP contribution in [0.15, 0.2) is 48.5 Å². The molecule has 2 aromatic rings. The molecule has 0 N–H and O–H groups in total. The minimum Gasteiger partial charge on any atom is -0.484 e.